The van der Waals surface area contributed by atoms with Gasteiger partial charge in [0.1, 0.15) is 6.54 Å². The van der Waals surface area contributed by atoms with Crippen LogP contribution in [0.2, 0.25) is 0 Å². The van der Waals surface area contributed by atoms with E-state index in [1.807, 2.05) is 19.9 Å². The molecule has 1 atom stereocenters. The third-order valence-corrected chi connectivity index (χ3v) is 3.14. The molecule has 1 heterocycles. The number of hydrogen-bond donors (Lipinski definition) is 0. The average molecular weight is 238 g/mol. The number of ether oxygens (including phenoxy) is 1. The van der Waals surface area contributed by atoms with E-state index in [1.54, 1.807) is 4.90 Å². The molecule has 4 nitrogen and oxygen atoms in total. The van der Waals surface area contributed by atoms with Crippen molar-refractivity contribution in [3.05, 3.63) is 0 Å². The summed E-state index contributed by atoms with van der Waals surface area (Å²) in [5, 5.41) is 8.68. The summed E-state index contributed by atoms with van der Waals surface area (Å²) in [6.07, 6.45) is 4.91. The van der Waals surface area contributed by atoms with E-state index in [2.05, 4.69) is 0 Å². The second kappa shape index (κ2) is 7.29. The predicted molar refractivity (Wildman–Crippen MR) is 65.3 cm³/mol. The summed E-state index contributed by atoms with van der Waals surface area (Å²) in [7, 11) is 0. The first kappa shape index (κ1) is 14.0. The number of carbonyl (C=O) groups is 1. The number of hydrogen-bond acceptors (Lipinski definition) is 3. The van der Waals surface area contributed by atoms with Gasteiger partial charge in [-0.05, 0) is 39.5 Å². The van der Waals surface area contributed by atoms with Gasteiger partial charge < -0.3 is 9.64 Å². The molecule has 0 aromatic heterocycles. The zero-order valence-corrected chi connectivity index (χ0v) is 10.8. The van der Waals surface area contributed by atoms with Crippen molar-refractivity contribution in [3.63, 3.8) is 0 Å². The first-order valence-electron chi connectivity index (χ1n) is 6.43. The van der Waals surface area contributed by atoms with Crippen molar-refractivity contribution in [1.82, 2.24) is 4.90 Å². The van der Waals surface area contributed by atoms with Gasteiger partial charge in [0.25, 0.3) is 0 Å². The normalized spacial score (nSPS) is 20.0. The maximum Gasteiger partial charge on any atom is 0.223 e. The lowest BCUT2D eigenvalue weighted by atomic mass is 10.0. The number of amides is 1. The topological polar surface area (TPSA) is 53.3 Å². The lowest BCUT2D eigenvalue weighted by Gasteiger charge is -2.26. The minimum atomic E-state index is 0.0655. The third kappa shape index (κ3) is 4.74. The molecule has 1 saturated heterocycles. The zero-order chi connectivity index (χ0) is 12.7. The van der Waals surface area contributed by atoms with Crippen LogP contribution in [-0.4, -0.2) is 36.1 Å². The standard InChI is InChI=1S/C13H22N2O2/c1-11(2)15(9-8-14)13(16)7-6-12-5-3-4-10-17-12/h11-12H,3-7,9-10H2,1-2H3. The smallest absolute Gasteiger partial charge is 0.223 e. The van der Waals surface area contributed by atoms with Gasteiger partial charge >= 0.3 is 0 Å². The van der Waals surface area contributed by atoms with Crippen LogP contribution in [0.3, 0.4) is 0 Å². The Hall–Kier alpha value is -1.08. The Morgan fingerprint density at radius 3 is 2.82 bits per heavy atom. The van der Waals surface area contributed by atoms with Crippen molar-refractivity contribution in [3.8, 4) is 6.07 Å². The van der Waals surface area contributed by atoms with E-state index >= 15 is 0 Å². The van der Waals surface area contributed by atoms with E-state index in [9.17, 15) is 4.79 Å². The summed E-state index contributed by atoms with van der Waals surface area (Å²) >= 11 is 0. The van der Waals surface area contributed by atoms with E-state index in [1.165, 1.54) is 6.42 Å². The number of nitriles is 1. The number of carbonyl (C=O) groups excluding carboxylic acids is 1. The van der Waals surface area contributed by atoms with Gasteiger partial charge in [-0.1, -0.05) is 0 Å². The maximum absolute atomic E-state index is 11.9. The van der Waals surface area contributed by atoms with Crippen LogP contribution in [0.5, 0.6) is 0 Å². The molecule has 4 heteroatoms. The lowest BCUT2D eigenvalue weighted by Crippen LogP contribution is -2.37. The Morgan fingerprint density at radius 1 is 1.53 bits per heavy atom. The van der Waals surface area contributed by atoms with Crippen LogP contribution in [-0.2, 0) is 9.53 Å². The zero-order valence-electron chi connectivity index (χ0n) is 10.8. The minimum Gasteiger partial charge on any atom is -0.378 e. The lowest BCUT2D eigenvalue weighted by molar-refractivity contribution is -0.133. The van der Waals surface area contributed by atoms with Crippen LogP contribution in [0, 0.1) is 11.3 Å². The molecule has 0 aromatic rings. The minimum absolute atomic E-state index is 0.0655. The maximum atomic E-state index is 11.9. The second-order valence-corrected chi connectivity index (χ2v) is 4.80. The van der Waals surface area contributed by atoms with E-state index in [4.69, 9.17) is 10.00 Å². The Labute approximate surface area is 104 Å². The van der Waals surface area contributed by atoms with Crippen molar-refractivity contribution in [2.45, 2.75) is 58.1 Å². The van der Waals surface area contributed by atoms with Gasteiger partial charge in [0.15, 0.2) is 0 Å². The fraction of sp³-hybridized carbons (Fsp3) is 0.846. The van der Waals surface area contributed by atoms with Crippen molar-refractivity contribution in [2.75, 3.05) is 13.2 Å². The van der Waals surface area contributed by atoms with Gasteiger partial charge in [-0.25, -0.2) is 0 Å². The highest BCUT2D eigenvalue weighted by Crippen LogP contribution is 2.17. The summed E-state index contributed by atoms with van der Waals surface area (Å²) in [5.74, 6) is 0.0655. The Bertz CT molecular complexity index is 278. The molecule has 0 aromatic carbocycles. The van der Waals surface area contributed by atoms with Crippen molar-refractivity contribution >= 4 is 5.91 Å². The second-order valence-electron chi connectivity index (χ2n) is 4.80. The van der Waals surface area contributed by atoms with E-state index in [-0.39, 0.29) is 24.6 Å². The molecule has 17 heavy (non-hydrogen) atoms. The predicted octanol–water partition coefficient (Wildman–Crippen LogP) is 2.10. The quantitative estimate of drug-likeness (QED) is 0.689. The number of rotatable bonds is 5. The van der Waals surface area contributed by atoms with E-state index < -0.39 is 0 Å². The highest BCUT2D eigenvalue weighted by Gasteiger charge is 2.19. The summed E-state index contributed by atoms with van der Waals surface area (Å²) in [6.45, 7) is 4.88. The molecule has 0 radical (unpaired) electrons. The van der Waals surface area contributed by atoms with Crippen LogP contribution in [0.1, 0.15) is 46.0 Å². The fourth-order valence-electron chi connectivity index (χ4n) is 2.10. The number of nitrogens with zero attached hydrogens (tertiary/aromatic N) is 2. The van der Waals surface area contributed by atoms with Crippen molar-refractivity contribution in [1.29, 1.82) is 5.26 Å². The summed E-state index contributed by atoms with van der Waals surface area (Å²) in [5.41, 5.74) is 0. The Balaban J connectivity index is 2.33. The highest BCUT2D eigenvalue weighted by atomic mass is 16.5. The summed E-state index contributed by atoms with van der Waals surface area (Å²) < 4.78 is 5.59. The molecule has 1 unspecified atom stereocenters. The summed E-state index contributed by atoms with van der Waals surface area (Å²) in [4.78, 5) is 13.6. The van der Waals surface area contributed by atoms with Gasteiger partial charge in [-0.3, -0.25) is 4.79 Å². The van der Waals surface area contributed by atoms with Crippen molar-refractivity contribution in [2.24, 2.45) is 0 Å². The SMILES string of the molecule is CC(C)N(CC#N)C(=O)CCC1CCCCO1. The first-order valence-corrected chi connectivity index (χ1v) is 6.43. The van der Waals surface area contributed by atoms with Crippen LogP contribution in [0.4, 0.5) is 0 Å². The van der Waals surface area contributed by atoms with Gasteiger partial charge in [0, 0.05) is 19.1 Å². The largest absolute Gasteiger partial charge is 0.378 e. The molecule has 96 valence electrons. The first-order chi connectivity index (χ1) is 8.15. The molecular weight excluding hydrogens is 216 g/mol. The van der Waals surface area contributed by atoms with Crippen LogP contribution in [0.15, 0.2) is 0 Å². The van der Waals surface area contributed by atoms with Crippen LogP contribution >= 0.6 is 0 Å². The van der Waals surface area contributed by atoms with E-state index in [0.717, 1.165) is 25.9 Å². The highest BCUT2D eigenvalue weighted by molar-refractivity contribution is 5.76. The summed E-state index contributed by atoms with van der Waals surface area (Å²) in [6, 6.07) is 2.13. The molecule has 0 N–H and O–H groups in total. The molecular formula is C13H22N2O2. The van der Waals surface area contributed by atoms with Gasteiger partial charge in [-0.15, -0.1) is 0 Å². The van der Waals surface area contributed by atoms with Crippen LogP contribution in [0.25, 0.3) is 0 Å². The fourth-order valence-corrected chi connectivity index (χ4v) is 2.10. The molecule has 0 spiro atoms. The van der Waals surface area contributed by atoms with E-state index in [0.29, 0.717) is 6.42 Å². The van der Waals surface area contributed by atoms with Crippen LogP contribution < -0.4 is 0 Å². The molecule has 1 aliphatic rings. The molecule has 1 amide bonds. The van der Waals surface area contributed by atoms with Gasteiger partial charge in [0.05, 0.1) is 12.2 Å². The van der Waals surface area contributed by atoms with Gasteiger partial charge in [-0.2, -0.15) is 5.26 Å². The third-order valence-electron chi connectivity index (χ3n) is 3.14. The molecule has 1 aliphatic heterocycles. The van der Waals surface area contributed by atoms with Gasteiger partial charge in [0.2, 0.25) is 5.91 Å². The molecule has 0 aliphatic carbocycles. The molecule has 0 saturated carbocycles. The average Bonchev–Trinajstić information content (AvgIpc) is 2.34. The molecule has 1 rings (SSSR count). The molecule has 1 fully saturated rings. The Morgan fingerprint density at radius 2 is 2.29 bits per heavy atom. The van der Waals surface area contributed by atoms with Crippen molar-refractivity contribution < 1.29 is 9.53 Å². The molecule has 0 bridgehead atoms. The monoisotopic (exact) mass is 238 g/mol. The Kier molecular flexibility index (Phi) is 5.99.